The number of aromatic amines is 2. The lowest BCUT2D eigenvalue weighted by atomic mass is 9.95. The number of rotatable bonds is 13. The number of unbranched alkanes of at least 4 members (excludes halogenated alkanes) is 1. The van der Waals surface area contributed by atoms with Crippen molar-refractivity contribution in [3.63, 3.8) is 0 Å². The molecular formula is C60H79FN14O13S2. The van der Waals surface area contributed by atoms with E-state index in [1.54, 1.807) is 0 Å². The van der Waals surface area contributed by atoms with Gasteiger partial charge in [-0.05, 0) is 106 Å². The number of aliphatic carboxylic acids is 1. The monoisotopic (exact) mass is 1290 g/mol. The molecule has 2 aromatic heterocycles. The number of carboxylic acid groups (broad SMARTS) is 1. The van der Waals surface area contributed by atoms with E-state index in [0.717, 1.165) is 11.1 Å². The Bertz CT molecular complexity index is 3290. The van der Waals surface area contributed by atoms with Gasteiger partial charge in [0.1, 0.15) is 59.4 Å². The van der Waals surface area contributed by atoms with E-state index in [-0.39, 0.29) is 55.8 Å². The van der Waals surface area contributed by atoms with Gasteiger partial charge in [0, 0.05) is 84.2 Å². The molecule has 16 N–H and O–H groups in total. The number of carbonyl (C=O) groups is 11. The molecule has 2 aliphatic heterocycles. The quantitative estimate of drug-likeness (QED) is 0.0792. The van der Waals surface area contributed by atoms with Crippen molar-refractivity contribution in [2.24, 2.45) is 11.5 Å². The normalized spacial score (nSPS) is 24.4. The van der Waals surface area contributed by atoms with Crippen molar-refractivity contribution in [3.05, 3.63) is 108 Å². The van der Waals surface area contributed by atoms with Crippen molar-refractivity contribution in [1.29, 1.82) is 0 Å². The summed E-state index contributed by atoms with van der Waals surface area (Å²) in [6.45, 7) is 8.50. The van der Waals surface area contributed by atoms with Crippen LogP contribution in [0.2, 0.25) is 0 Å². The van der Waals surface area contributed by atoms with Gasteiger partial charge in [-0.15, -0.1) is 0 Å². The van der Waals surface area contributed by atoms with Crippen LogP contribution in [0.4, 0.5) is 4.39 Å². The second kappa shape index (κ2) is 33.7. The number of fused-ring (bicyclic) bond motifs is 2. The molecule has 2 aliphatic rings. The van der Waals surface area contributed by atoms with Crippen LogP contribution < -0.4 is 54.0 Å². The van der Waals surface area contributed by atoms with E-state index in [4.69, 9.17) is 11.5 Å². The van der Waals surface area contributed by atoms with E-state index in [2.05, 4.69) is 64.1 Å². The van der Waals surface area contributed by atoms with Gasteiger partial charge in [0.25, 0.3) is 0 Å². The second-order valence-corrected chi connectivity index (χ2v) is 24.5. The van der Waals surface area contributed by atoms with Gasteiger partial charge in [0.15, 0.2) is 0 Å². The number of hydrogen-bond acceptors (Lipinski definition) is 16. The van der Waals surface area contributed by atoms with Crippen LogP contribution >= 0.6 is 23.5 Å². The predicted molar refractivity (Wildman–Crippen MR) is 334 cm³/mol. The Morgan fingerprint density at radius 1 is 0.800 bits per heavy atom. The van der Waals surface area contributed by atoms with Gasteiger partial charge >= 0.3 is 5.97 Å². The summed E-state index contributed by atoms with van der Waals surface area (Å²) in [5, 5.41) is 41.1. The molecule has 0 bridgehead atoms. The zero-order valence-corrected chi connectivity index (χ0v) is 51.9. The van der Waals surface area contributed by atoms with Gasteiger partial charge in [0.05, 0.1) is 19.3 Å². The largest absolute Gasteiger partial charge is 0.508 e. The number of aromatic hydroxyl groups is 1. The summed E-state index contributed by atoms with van der Waals surface area (Å²) in [6, 6.07) is -0.854. The summed E-state index contributed by atoms with van der Waals surface area (Å²) in [6.07, 6.45) is 5.60. The topological polar surface area (TPSA) is 424 Å². The standard InChI is InChI=1S/C60H79FN14O13S2/c1-33-20-34(2)30-90-31-48(52(63)81)74-59(88)60(4)16-7-18-75(60)58(87)47(21-36-9-12-40(76)13-10-36)73-56(85)45(24-39-27-64-32-67-39)71-57(86)46(25-51(79)80)72-55(84)44(22-37-26-65-42-14-11-38(61)23-41(37)42)70-53(82)35(3)68-50(78)28-66-54(83)43(8-5-6-17-62)69-49(77)15-19-89-29-33/h9-14,20,23,26-27,32,35,43-48,65,76H,1,5-8,15-19,21-22,24-25,28-31,62H2,2-4H3,(H2,63,81)(H,64,67)(H,66,83)(H,68,78)(H,69,77)(H,70,82)(H,71,86)(H,72,84)(H,73,85)(H,74,88)(H,79,80)/t35-,43+,44+,45+,46+,47+,48+,60+/m1/s1. The molecule has 10 amide bonds. The number of thioether (sulfide) groups is 2. The first-order valence-corrected chi connectivity index (χ1v) is 31.6. The summed E-state index contributed by atoms with van der Waals surface area (Å²) in [4.78, 5) is 164. The highest BCUT2D eigenvalue weighted by atomic mass is 32.2. The summed E-state index contributed by atoms with van der Waals surface area (Å²) >= 11 is 2.74. The number of nitrogens with two attached hydrogens (primary N) is 2. The first-order chi connectivity index (χ1) is 42.8. The van der Waals surface area contributed by atoms with Crippen LogP contribution in [0, 0.1) is 5.82 Å². The number of H-pyrrole nitrogens is 2. The van der Waals surface area contributed by atoms with Crippen LogP contribution in [0.1, 0.15) is 82.5 Å². The molecule has 0 aliphatic carbocycles. The minimum Gasteiger partial charge on any atom is -0.508 e. The van der Waals surface area contributed by atoms with Gasteiger partial charge in [-0.2, -0.15) is 23.5 Å². The van der Waals surface area contributed by atoms with E-state index in [9.17, 15) is 62.5 Å². The van der Waals surface area contributed by atoms with Crippen molar-refractivity contribution in [2.45, 2.75) is 133 Å². The van der Waals surface area contributed by atoms with E-state index < -0.39 is 138 Å². The Morgan fingerprint density at radius 3 is 2.18 bits per heavy atom. The van der Waals surface area contributed by atoms with Gasteiger partial charge in [-0.1, -0.05) is 30.4 Å². The summed E-state index contributed by atoms with van der Waals surface area (Å²) < 4.78 is 14.7. The number of imidazole rings is 1. The first-order valence-electron chi connectivity index (χ1n) is 29.3. The Balaban J connectivity index is 1.33. The highest BCUT2D eigenvalue weighted by Crippen LogP contribution is 2.31. The van der Waals surface area contributed by atoms with E-state index in [1.807, 2.05) is 13.0 Å². The van der Waals surface area contributed by atoms with E-state index in [0.29, 0.717) is 65.1 Å². The molecule has 6 rings (SSSR count). The zero-order valence-electron chi connectivity index (χ0n) is 50.2. The molecule has 0 unspecified atom stereocenters. The number of hydrogen-bond donors (Lipinski definition) is 14. The number of primary amides is 1. The third-order valence-corrected chi connectivity index (χ3v) is 17.4. The highest BCUT2D eigenvalue weighted by Gasteiger charge is 2.48. The fourth-order valence-electron chi connectivity index (χ4n) is 10.2. The molecule has 486 valence electrons. The molecular weight excluding hydrogens is 1210 g/mol. The number of halogens is 1. The molecule has 4 aromatic rings. The third-order valence-electron chi connectivity index (χ3n) is 15.1. The van der Waals surface area contributed by atoms with Crippen LogP contribution in [0.3, 0.4) is 0 Å². The number of phenolic OH excluding ortho intramolecular Hbond substituents is 1. The highest BCUT2D eigenvalue weighted by molar-refractivity contribution is 7.99. The maximum absolute atomic E-state index is 15.0. The first kappa shape index (κ1) is 70.3. The molecule has 4 heterocycles. The number of allylic oxidation sites excluding steroid dienone is 1. The molecule has 1 fully saturated rings. The minimum atomic E-state index is -1.97. The van der Waals surface area contributed by atoms with Crippen LogP contribution in [0.5, 0.6) is 5.75 Å². The number of carboxylic acids is 1. The van der Waals surface area contributed by atoms with Gasteiger partial charge in [-0.25, -0.2) is 9.37 Å². The minimum absolute atomic E-state index is 0.0309. The fraction of sp³-hybridized carbons (Fsp3) is 0.467. The van der Waals surface area contributed by atoms with Crippen molar-refractivity contribution in [3.8, 4) is 5.75 Å². The lowest BCUT2D eigenvalue weighted by Gasteiger charge is -2.37. The smallest absolute Gasteiger partial charge is 0.305 e. The van der Waals surface area contributed by atoms with Gasteiger partial charge in [0.2, 0.25) is 59.1 Å². The van der Waals surface area contributed by atoms with Gasteiger partial charge in [-0.3, -0.25) is 52.7 Å². The second-order valence-electron chi connectivity index (χ2n) is 22.4. The number of carbonyl (C=O) groups excluding carboxylic acids is 10. The molecule has 8 atom stereocenters. The lowest BCUT2D eigenvalue weighted by molar-refractivity contribution is -0.147. The Hall–Kier alpha value is -8.77. The zero-order chi connectivity index (χ0) is 65.7. The summed E-state index contributed by atoms with van der Waals surface area (Å²) in [5.74, 6) is -9.59. The number of aromatic nitrogens is 3. The van der Waals surface area contributed by atoms with E-state index in [1.165, 1.54) is 103 Å². The van der Waals surface area contributed by atoms with Crippen molar-refractivity contribution >= 4 is 99.5 Å². The Kier molecular flexibility index (Phi) is 26.3. The number of nitrogens with one attached hydrogen (secondary N) is 10. The maximum atomic E-state index is 15.0. The van der Waals surface area contributed by atoms with Crippen LogP contribution in [0.25, 0.3) is 10.9 Å². The Morgan fingerprint density at radius 2 is 1.49 bits per heavy atom. The van der Waals surface area contributed by atoms with Crippen LogP contribution in [-0.2, 0) is 72.0 Å². The molecule has 0 radical (unpaired) electrons. The predicted octanol–water partition coefficient (Wildman–Crippen LogP) is 0.136. The van der Waals surface area contributed by atoms with E-state index >= 15 is 4.79 Å². The molecule has 2 aromatic carbocycles. The third kappa shape index (κ3) is 20.9. The molecule has 1 saturated heterocycles. The number of amides is 10. The van der Waals surface area contributed by atoms with Gasteiger partial charge < -0.3 is 79.1 Å². The molecule has 90 heavy (non-hydrogen) atoms. The number of nitrogens with zero attached hydrogens (tertiary/aromatic N) is 2. The number of benzene rings is 2. The average Bonchev–Trinajstić information content (AvgIpc) is 1.71. The van der Waals surface area contributed by atoms with Crippen LogP contribution in [0.15, 0.2) is 85.0 Å². The van der Waals surface area contributed by atoms with Crippen molar-refractivity contribution in [2.75, 3.05) is 42.6 Å². The lowest BCUT2D eigenvalue weighted by Crippen LogP contribution is -2.63. The fourth-order valence-corrected chi connectivity index (χ4v) is 12.0. The molecule has 0 spiro atoms. The van der Waals surface area contributed by atoms with Crippen LogP contribution in [-0.4, -0.2) is 186 Å². The molecule has 30 heteroatoms. The maximum Gasteiger partial charge on any atom is 0.305 e. The molecule has 0 saturated carbocycles. The van der Waals surface area contributed by atoms with Crippen molar-refractivity contribution < 1.29 is 67.3 Å². The number of phenols is 1. The SMILES string of the molecule is C=C1C=C(C)CSC[C@@H](C(N)=O)NC(=O)[C@]2(C)CCCN2C(=O)[C@H](Cc2ccc(O)cc2)NC(=O)[C@H](Cc2cnc[nH]2)NC(=O)[C@H](CC(=O)O)NC(=O)[C@H](Cc2c[nH]c3ccc(F)cc23)NC(=O)[C@@H](C)NC(=O)CNC(=O)[C@H](CCCCN)NC(=O)CCSC1. The average molecular weight is 1290 g/mol. The van der Waals surface area contributed by atoms with Crippen molar-refractivity contribution in [1.82, 2.24) is 62.4 Å². The summed E-state index contributed by atoms with van der Waals surface area (Å²) in [7, 11) is 0. The molecule has 27 nitrogen and oxygen atoms in total. The Labute approximate surface area is 527 Å². The summed E-state index contributed by atoms with van der Waals surface area (Å²) in [5.41, 5.74) is 13.0.